The maximum absolute atomic E-state index is 11.4. The van der Waals surface area contributed by atoms with Gasteiger partial charge in [0.25, 0.3) is 0 Å². The van der Waals surface area contributed by atoms with Crippen LogP contribution in [0.15, 0.2) is 0 Å². The predicted octanol–water partition coefficient (Wildman–Crippen LogP) is 2.56. The molecule has 1 heterocycles. The average molecular weight is 256 g/mol. The smallest absolute Gasteiger partial charge is 0.217 e. The number of hydroxylamine groups is 2. The van der Waals surface area contributed by atoms with E-state index in [-0.39, 0.29) is 28.9 Å². The van der Waals surface area contributed by atoms with Gasteiger partial charge in [0, 0.05) is 24.0 Å². The first kappa shape index (κ1) is 15.4. The molecule has 0 aliphatic carbocycles. The molecule has 1 fully saturated rings. The van der Waals surface area contributed by atoms with Crippen molar-refractivity contribution in [3.05, 3.63) is 0 Å². The van der Waals surface area contributed by atoms with Crippen LogP contribution in [0.2, 0.25) is 0 Å². The lowest BCUT2D eigenvalue weighted by molar-refractivity contribution is -0.274. The fourth-order valence-corrected chi connectivity index (χ4v) is 3.18. The zero-order valence-corrected chi connectivity index (χ0v) is 12.6. The molecule has 1 amide bonds. The summed E-state index contributed by atoms with van der Waals surface area (Å²) in [6.07, 6.45) is 2.51. The van der Waals surface area contributed by atoms with Gasteiger partial charge < -0.3 is 10.5 Å². The third-order valence-corrected chi connectivity index (χ3v) is 5.11. The van der Waals surface area contributed by atoms with Crippen molar-refractivity contribution in [1.29, 1.82) is 0 Å². The van der Waals surface area contributed by atoms with Gasteiger partial charge in [-0.1, -0.05) is 20.8 Å². The summed E-state index contributed by atoms with van der Waals surface area (Å²) < 4.78 is 0. The third kappa shape index (κ3) is 2.41. The molecule has 0 saturated carbocycles. The minimum atomic E-state index is -0.296. The zero-order valence-electron chi connectivity index (χ0n) is 12.6. The van der Waals surface area contributed by atoms with Crippen molar-refractivity contribution in [3.8, 4) is 0 Å². The summed E-state index contributed by atoms with van der Waals surface area (Å²) in [6, 6.07) is 0.126. The molecular weight excluding hydrogens is 228 g/mol. The summed E-state index contributed by atoms with van der Waals surface area (Å²) in [5.74, 6) is 0.228. The Hall–Kier alpha value is -0.610. The van der Waals surface area contributed by atoms with E-state index in [2.05, 4.69) is 39.9 Å². The van der Waals surface area contributed by atoms with E-state index >= 15 is 0 Å². The Labute approximate surface area is 111 Å². The molecular formula is C14H28N2O2. The maximum atomic E-state index is 11.4. The van der Waals surface area contributed by atoms with E-state index in [1.54, 1.807) is 12.0 Å². The molecule has 2 N–H and O–H groups in total. The van der Waals surface area contributed by atoms with Gasteiger partial charge in [0.2, 0.25) is 5.91 Å². The van der Waals surface area contributed by atoms with Crippen LogP contribution in [0.25, 0.3) is 0 Å². The largest absolute Gasteiger partial charge is 0.353 e. The van der Waals surface area contributed by atoms with Crippen molar-refractivity contribution >= 4 is 5.91 Å². The summed E-state index contributed by atoms with van der Waals surface area (Å²) in [5.41, 5.74) is -0.569. The molecule has 0 aromatic rings. The quantitative estimate of drug-likeness (QED) is 0.816. The second kappa shape index (κ2) is 5.17. The van der Waals surface area contributed by atoms with Crippen LogP contribution < -0.4 is 5.32 Å². The Bertz CT molecular complexity index is 321. The van der Waals surface area contributed by atoms with Crippen LogP contribution in [0.5, 0.6) is 0 Å². The van der Waals surface area contributed by atoms with Crippen LogP contribution >= 0.6 is 0 Å². The lowest BCUT2D eigenvalue weighted by Gasteiger charge is -2.57. The van der Waals surface area contributed by atoms with Crippen LogP contribution in [0.1, 0.15) is 60.8 Å². The molecule has 0 aromatic heterocycles. The highest BCUT2D eigenvalue weighted by molar-refractivity contribution is 5.73. The van der Waals surface area contributed by atoms with E-state index in [0.29, 0.717) is 0 Å². The van der Waals surface area contributed by atoms with Crippen LogP contribution in [0.4, 0.5) is 0 Å². The number of nitrogens with one attached hydrogen (secondary N) is 1. The zero-order chi connectivity index (χ0) is 14.1. The molecule has 4 heteroatoms. The molecule has 106 valence electrons. The standard InChI is InChI=1S/C14H28N2O2/c1-7-13(5)9-12(15-11(4)17)10(3)14(6,8-2)16(13)18/h10,12,18H,7-9H2,1-6H3,(H,15,17). The topological polar surface area (TPSA) is 52.6 Å². The van der Waals surface area contributed by atoms with Crippen LogP contribution in [0, 0.1) is 5.92 Å². The average Bonchev–Trinajstić information content (AvgIpc) is 2.33. The Kier molecular flexibility index (Phi) is 4.44. The van der Waals surface area contributed by atoms with Gasteiger partial charge in [-0.3, -0.25) is 4.79 Å². The number of carbonyl (C=O) groups excluding carboxylic acids is 1. The summed E-state index contributed by atoms with van der Waals surface area (Å²) in [5, 5.41) is 15.2. The van der Waals surface area contributed by atoms with Gasteiger partial charge in [-0.25, -0.2) is 0 Å². The molecule has 4 atom stereocenters. The van der Waals surface area contributed by atoms with Gasteiger partial charge in [0.1, 0.15) is 0 Å². The first-order valence-corrected chi connectivity index (χ1v) is 6.97. The molecule has 0 aromatic carbocycles. The maximum Gasteiger partial charge on any atom is 0.217 e. The highest BCUT2D eigenvalue weighted by Gasteiger charge is 2.52. The van der Waals surface area contributed by atoms with Crippen molar-refractivity contribution in [2.45, 2.75) is 77.9 Å². The van der Waals surface area contributed by atoms with E-state index in [1.807, 2.05) is 0 Å². The second-order valence-corrected chi connectivity index (χ2v) is 6.17. The number of piperidine rings is 1. The highest BCUT2D eigenvalue weighted by atomic mass is 16.5. The van der Waals surface area contributed by atoms with E-state index in [9.17, 15) is 10.0 Å². The lowest BCUT2D eigenvalue weighted by Crippen LogP contribution is -2.68. The lowest BCUT2D eigenvalue weighted by atomic mass is 9.68. The first-order chi connectivity index (χ1) is 8.21. The minimum absolute atomic E-state index is 0.00939. The molecule has 0 spiro atoms. The van der Waals surface area contributed by atoms with E-state index < -0.39 is 0 Å². The Morgan fingerprint density at radius 2 is 1.94 bits per heavy atom. The third-order valence-electron chi connectivity index (χ3n) is 5.11. The number of hydrogen-bond donors (Lipinski definition) is 2. The summed E-state index contributed by atoms with van der Waals surface area (Å²) in [7, 11) is 0. The Morgan fingerprint density at radius 1 is 1.39 bits per heavy atom. The predicted molar refractivity (Wildman–Crippen MR) is 72.4 cm³/mol. The first-order valence-electron chi connectivity index (χ1n) is 6.97. The molecule has 0 bridgehead atoms. The molecule has 4 unspecified atom stereocenters. The van der Waals surface area contributed by atoms with Crippen molar-refractivity contribution in [2.75, 3.05) is 0 Å². The van der Waals surface area contributed by atoms with Crippen molar-refractivity contribution < 1.29 is 10.0 Å². The number of rotatable bonds is 3. The van der Waals surface area contributed by atoms with Crippen molar-refractivity contribution in [2.24, 2.45) is 5.92 Å². The molecule has 0 radical (unpaired) electrons. The monoisotopic (exact) mass is 256 g/mol. The van der Waals surface area contributed by atoms with Crippen molar-refractivity contribution in [3.63, 3.8) is 0 Å². The van der Waals surface area contributed by atoms with Gasteiger partial charge in [-0.05, 0) is 39.0 Å². The van der Waals surface area contributed by atoms with Crippen LogP contribution in [-0.4, -0.2) is 33.3 Å². The number of carbonyl (C=O) groups is 1. The number of amides is 1. The number of nitrogens with zero attached hydrogens (tertiary/aromatic N) is 1. The van der Waals surface area contributed by atoms with Gasteiger partial charge in [-0.2, -0.15) is 5.06 Å². The fourth-order valence-electron chi connectivity index (χ4n) is 3.18. The van der Waals surface area contributed by atoms with Crippen LogP contribution in [-0.2, 0) is 4.79 Å². The summed E-state index contributed by atoms with van der Waals surface area (Å²) in [4.78, 5) is 11.4. The summed E-state index contributed by atoms with van der Waals surface area (Å²) >= 11 is 0. The molecule has 18 heavy (non-hydrogen) atoms. The van der Waals surface area contributed by atoms with Gasteiger partial charge in [-0.15, -0.1) is 0 Å². The normalized spacial score (nSPS) is 41.7. The van der Waals surface area contributed by atoms with Crippen molar-refractivity contribution in [1.82, 2.24) is 10.4 Å². The number of hydrogen-bond acceptors (Lipinski definition) is 3. The van der Waals surface area contributed by atoms with E-state index in [0.717, 1.165) is 19.3 Å². The Morgan fingerprint density at radius 3 is 2.33 bits per heavy atom. The molecule has 1 aliphatic heterocycles. The van der Waals surface area contributed by atoms with Gasteiger partial charge in [0.15, 0.2) is 0 Å². The highest BCUT2D eigenvalue weighted by Crippen LogP contribution is 2.44. The molecule has 1 aliphatic rings. The fraction of sp³-hybridized carbons (Fsp3) is 0.929. The second-order valence-electron chi connectivity index (χ2n) is 6.17. The summed E-state index contributed by atoms with van der Waals surface area (Å²) in [6.45, 7) is 12.0. The Balaban J connectivity index is 3.09. The van der Waals surface area contributed by atoms with Gasteiger partial charge in [0.05, 0.1) is 0 Å². The van der Waals surface area contributed by atoms with E-state index in [1.165, 1.54) is 0 Å². The van der Waals surface area contributed by atoms with Crippen LogP contribution in [0.3, 0.4) is 0 Å². The SMILES string of the molecule is CCC1(C)CC(NC(C)=O)C(C)C(C)(CC)N1O. The minimum Gasteiger partial charge on any atom is -0.353 e. The molecule has 1 rings (SSSR count). The van der Waals surface area contributed by atoms with Gasteiger partial charge >= 0.3 is 0 Å². The molecule has 1 saturated heterocycles. The van der Waals surface area contributed by atoms with E-state index in [4.69, 9.17) is 0 Å². The molecule has 4 nitrogen and oxygen atoms in total.